The van der Waals surface area contributed by atoms with Gasteiger partial charge in [0, 0.05) is 23.8 Å². The highest BCUT2D eigenvalue weighted by Gasteiger charge is 2.17. The summed E-state index contributed by atoms with van der Waals surface area (Å²) in [6, 6.07) is 9.91. The van der Waals surface area contributed by atoms with Crippen LogP contribution in [0.25, 0.3) is 0 Å². The van der Waals surface area contributed by atoms with Crippen molar-refractivity contribution in [3.8, 4) is 0 Å². The Balaban J connectivity index is 2.18. The molecule has 2 aromatic rings. The molecule has 0 atom stereocenters. The molecule has 0 aliphatic rings. The van der Waals surface area contributed by atoms with Crippen molar-refractivity contribution in [1.29, 1.82) is 0 Å². The minimum absolute atomic E-state index is 0.0483. The number of carbonyl (C=O) groups is 1. The number of rotatable bonds is 5. The number of carbonyl (C=O) groups excluding carboxylic acids is 1. The van der Waals surface area contributed by atoms with Crippen LogP contribution in [-0.2, 0) is 0 Å². The Morgan fingerprint density at radius 1 is 1.04 bits per heavy atom. The van der Waals surface area contributed by atoms with Crippen molar-refractivity contribution in [2.45, 2.75) is 13.8 Å². The fraction of sp³-hybridized carbons (Fsp3) is 0.125. The Morgan fingerprint density at radius 3 is 2.24 bits per heavy atom. The number of nitrogens with one attached hydrogen (secondary N) is 1. The topological polar surface area (TPSA) is 128 Å². The van der Waals surface area contributed by atoms with Crippen LogP contribution in [0, 0.1) is 27.2 Å². The van der Waals surface area contributed by atoms with Crippen molar-refractivity contribution in [3.05, 3.63) is 79.4 Å². The Kier molecular flexibility index (Phi) is 5.18. The predicted octanol–water partition coefficient (Wildman–Crippen LogP) is 2.97. The highest BCUT2D eigenvalue weighted by atomic mass is 16.6. The number of non-ortho nitro benzene ring substituents is 1. The second-order valence-corrected chi connectivity index (χ2v) is 5.15. The summed E-state index contributed by atoms with van der Waals surface area (Å²) in [7, 11) is 0. The van der Waals surface area contributed by atoms with Crippen LogP contribution in [-0.4, -0.2) is 21.5 Å². The van der Waals surface area contributed by atoms with Gasteiger partial charge in [-0.3, -0.25) is 25.0 Å². The van der Waals surface area contributed by atoms with Crippen molar-refractivity contribution in [2.24, 2.45) is 5.10 Å². The fourth-order valence-corrected chi connectivity index (χ4v) is 2.15. The summed E-state index contributed by atoms with van der Waals surface area (Å²) in [6.07, 6.45) is 0. The first-order chi connectivity index (χ1) is 11.8. The van der Waals surface area contributed by atoms with Gasteiger partial charge >= 0.3 is 0 Å². The van der Waals surface area contributed by atoms with Gasteiger partial charge in [-0.2, -0.15) is 5.10 Å². The van der Waals surface area contributed by atoms with Gasteiger partial charge in [0.1, 0.15) is 0 Å². The second-order valence-electron chi connectivity index (χ2n) is 5.15. The molecule has 0 spiro atoms. The zero-order valence-electron chi connectivity index (χ0n) is 13.4. The van der Waals surface area contributed by atoms with Crippen LogP contribution in [0.1, 0.15) is 28.4 Å². The minimum Gasteiger partial charge on any atom is -0.267 e. The first kappa shape index (κ1) is 17.7. The van der Waals surface area contributed by atoms with Crippen LogP contribution in [0.15, 0.2) is 47.6 Å². The quantitative estimate of drug-likeness (QED) is 0.507. The van der Waals surface area contributed by atoms with E-state index in [9.17, 15) is 25.0 Å². The molecule has 0 aliphatic heterocycles. The number of amides is 1. The lowest BCUT2D eigenvalue weighted by Gasteiger charge is -2.06. The molecular formula is C16H14N4O5. The van der Waals surface area contributed by atoms with Gasteiger partial charge in [-0.05, 0) is 37.6 Å². The van der Waals surface area contributed by atoms with Crippen molar-refractivity contribution >= 4 is 23.0 Å². The zero-order chi connectivity index (χ0) is 18.6. The lowest BCUT2D eigenvalue weighted by atomic mass is 10.1. The number of nitro benzene ring substituents is 2. The third-order valence-electron chi connectivity index (χ3n) is 3.57. The third kappa shape index (κ3) is 4.02. The Labute approximate surface area is 142 Å². The maximum atomic E-state index is 12.2. The van der Waals surface area contributed by atoms with Gasteiger partial charge in [0.25, 0.3) is 17.3 Å². The van der Waals surface area contributed by atoms with E-state index in [1.54, 1.807) is 6.92 Å². The largest absolute Gasteiger partial charge is 0.273 e. The molecule has 9 heteroatoms. The molecule has 0 heterocycles. The van der Waals surface area contributed by atoms with Crippen LogP contribution in [0.3, 0.4) is 0 Å². The van der Waals surface area contributed by atoms with Crippen molar-refractivity contribution in [2.75, 3.05) is 0 Å². The molecule has 0 fully saturated rings. The van der Waals surface area contributed by atoms with E-state index < -0.39 is 15.8 Å². The number of hydrogen-bond donors (Lipinski definition) is 1. The number of nitrogens with zero attached hydrogens (tertiary/aromatic N) is 3. The first-order valence-electron chi connectivity index (χ1n) is 7.14. The molecule has 1 amide bonds. The molecule has 0 aromatic heterocycles. The van der Waals surface area contributed by atoms with Crippen molar-refractivity contribution in [1.82, 2.24) is 5.43 Å². The molecule has 25 heavy (non-hydrogen) atoms. The van der Waals surface area contributed by atoms with E-state index in [1.165, 1.54) is 49.4 Å². The van der Waals surface area contributed by atoms with E-state index in [4.69, 9.17) is 0 Å². The number of nitro groups is 2. The molecule has 0 bridgehead atoms. The molecule has 0 saturated heterocycles. The van der Waals surface area contributed by atoms with Gasteiger partial charge < -0.3 is 0 Å². The van der Waals surface area contributed by atoms with Gasteiger partial charge in [0.15, 0.2) is 0 Å². The predicted molar refractivity (Wildman–Crippen MR) is 90.6 cm³/mol. The van der Waals surface area contributed by atoms with Crippen molar-refractivity contribution < 1.29 is 14.6 Å². The van der Waals surface area contributed by atoms with Crippen LogP contribution in [0.5, 0.6) is 0 Å². The molecule has 1 N–H and O–H groups in total. The summed E-state index contributed by atoms with van der Waals surface area (Å²) in [4.78, 5) is 32.7. The summed E-state index contributed by atoms with van der Waals surface area (Å²) >= 11 is 0. The summed E-state index contributed by atoms with van der Waals surface area (Å²) in [5, 5.41) is 25.5. The Hall–Kier alpha value is -3.62. The maximum absolute atomic E-state index is 12.2. The summed E-state index contributed by atoms with van der Waals surface area (Å²) in [5.74, 6) is -0.581. The summed E-state index contributed by atoms with van der Waals surface area (Å²) in [5.41, 5.74) is 3.56. The number of benzene rings is 2. The highest BCUT2D eigenvalue weighted by Crippen LogP contribution is 2.21. The smallest absolute Gasteiger partial charge is 0.267 e. The first-order valence-corrected chi connectivity index (χ1v) is 7.14. The Morgan fingerprint density at radius 2 is 1.68 bits per heavy atom. The van der Waals surface area contributed by atoms with Gasteiger partial charge in [0.2, 0.25) is 0 Å². The highest BCUT2D eigenvalue weighted by molar-refractivity contribution is 6.01. The SMILES string of the molecule is C/C(=N/NC(=O)c1cccc([N+](=O)[O-])c1C)c1ccc([N+](=O)[O-])cc1. The lowest BCUT2D eigenvalue weighted by molar-refractivity contribution is -0.385. The van der Waals surface area contributed by atoms with Gasteiger partial charge in [0.05, 0.1) is 21.1 Å². The van der Waals surface area contributed by atoms with Gasteiger partial charge in [-0.1, -0.05) is 6.07 Å². The second kappa shape index (κ2) is 7.30. The minimum atomic E-state index is -0.581. The molecule has 0 unspecified atom stereocenters. The average Bonchev–Trinajstić information content (AvgIpc) is 2.59. The van der Waals surface area contributed by atoms with Crippen LogP contribution >= 0.6 is 0 Å². The van der Waals surface area contributed by atoms with E-state index in [0.717, 1.165) is 0 Å². The van der Waals surface area contributed by atoms with E-state index in [2.05, 4.69) is 10.5 Å². The molecule has 0 radical (unpaired) electrons. The maximum Gasteiger partial charge on any atom is 0.273 e. The van der Waals surface area contributed by atoms with E-state index in [-0.39, 0.29) is 22.5 Å². The van der Waals surface area contributed by atoms with E-state index in [0.29, 0.717) is 11.3 Å². The summed E-state index contributed by atoms with van der Waals surface area (Å²) in [6.45, 7) is 3.11. The monoisotopic (exact) mass is 342 g/mol. The molecule has 2 rings (SSSR count). The summed E-state index contributed by atoms with van der Waals surface area (Å²) < 4.78 is 0. The molecule has 0 aliphatic carbocycles. The number of hydrogen-bond acceptors (Lipinski definition) is 6. The van der Waals surface area contributed by atoms with Gasteiger partial charge in [-0.15, -0.1) is 0 Å². The van der Waals surface area contributed by atoms with Crippen LogP contribution in [0.4, 0.5) is 11.4 Å². The third-order valence-corrected chi connectivity index (χ3v) is 3.57. The molecular weight excluding hydrogens is 328 g/mol. The van der Waals surface area contributed by atoms with Gasteiger partial charge in [-0.25, -0.2) is 5.43 Å². The lowest BCUT2D eigenvalue weighted by Crippen LogP contribution is -2.20. The Bertz CT molecular complexity index is 875. The van der Waals surface area contributed by atoms with Crippen molar-refractivity contribution in [3.63, 3.8) is 0 Å². The molecule has 9 nitrogen and oxygen atoms in total. The average molecular weight is 342 g/mol. The standard InChI is InChI=1S/C16H14N4O5/c1-10-14(4-3-5-15(10)20(24)25)16(21)18-17-11(2)12-6-8-13(9-7-12)19(22)23/h3-9H,1-2H3,(H,18,21)/b17-11-. The van der Waals surface area contributed by atoms with E-state index in [1.807, 2.05) is 0 Å². The zero-order valence-corrected chi connectivity index (χ0v) is 13.4. The fourth-order valence-electron chi connectivity index (χ4n) is 2.15. The normalized spacial score (nSPS) is 11.0. The van der Waals surface area contributed by atoms with Crippen LogP contribution in [0.2, 0.25) is 0 Å². The molecule has 0 saturated carbocycles. The molecule has 128 valence electrons. The molecule has 2 aromatic carbocycles. The number of hydrazone groups is 1. The van der Waals surface area contributed by atoms with Crippen LogP contribution < -0.4 is 5.43 Å². The van der Waals surface area contributed by atoms with E-state index >= 15 is 0 Å².